The zero-order chi connectivity index (χ0) is 11.5. The molecule has 0 aromatic rings. The van der Waals surface area contributed by atoms with Crippen LogP contribution in [0.15, 0.2) is 0 Å². The minimum absolute atomic E-state index is 0.663. The largest absolute Gasteiger partial charge is 0.384 e. The summed E-state index contributed by atoms with van der Waals surface area (Å²) in [6, 6.07) is 0. The Morgan fingerprint density at radius 1 is 1.20 bits per heavy atom. The van der Waals surface area contributed by atoms with Crippen molar-refractivity contribution >= 4 is 0 Å². The average Bonchev–Trinajstić information content (AvgIpc) is 2.24. The van der Waals surface area contributed by atoms with Crippen LogP contribution in [0.5, 0.6) is 0 Å². The molecule has 0 bridgehead atoms. The minimum atomic E-state index is 0.663. The summed E-state index contributed by atoms with van der Waals surface area (Å²) in [7, 11) is 1.77. The van der Waals surface area contributed by atoms with Crippen LogP contribution in [0.25, 0.3) is 0 Å². The Kier molecular flexibility index (Phi) is 10.3. The first kappa shape index (κ1) is 14.9. The fraction of sp³-hybridized carbons (Fsp3) is 1.00. The number of methoxy groups -OCH3 is 1. The van der Waals surface area contributed by atoms with Crippen LogP contribution in [0.2, 0.25) is 0 Å². The monoisotopic (exact) mass is 216 g/mol. The molecular weight excluding hydrogens is 188 g/mol. The standard InChI is InChI=1S/C12H28N2O/c1-5-14(6-2)10-9-13-8-7-12(3)11-15-4/h12-13H,5-11H2,1-4H3. The highest BCUT2D eigenvalue weighted by atomic mass is 16.5. The van der Waals surface area contributed by atoms with Crippen molar-refractivity contribution in [1.82, 2.24) is 10.2 Å². The fourth-order valence-corrected chi connectivity index (χ4v) is 1.62. The molecule has 0 aromatic carbocycles. The average molecular weight is 216 g/mol. The molecule has 0 aliphatic heterocycles. The number of rotatable bonds is 10. The van der Waals surface area contributed by atoms with Crippen molar-refractivity contribution in [3.63, 3.8) is 0 Å². The van der Waals surface area contributed by atoms with Gasteiger partial charge in [-0.2, -0.15) is 0 Å². The maximum Gasteiger partial charge on any atom is 0.0488 e. The molecule has 0 rings (SSSR count). The quantitative estimate of drug-likeness (QED) is 0.561. The van der Waals surface area contributed by atoms with Gasteiger partial charge < -0.3 is 15.0 Å². The molecule has 92 valence electrons. The summed E-state index contributed by atoms with van der Waals surface area (Å²) in [4.78, 5) is 2.44. The molecule has 0 aromatic heterocycles. The van der Waals surface area contributed by atoms with Gasteiger partial charge in [0.05, 0.1) is 0 Å². The summed E-state index contributed by atoms with van der Waals surface area (Å²) in [5.41, 5.74) is 0. The molecule has 0 saturated heterocycles. The summed E-state index contributed by atoms with van der Waals surface area (Å²) in [6.07, 6.45) is 1.20. The Bertz CT molecular complexity index is 127. The lowest BCUT2D eigenvalue weighted by molar-refractivity contribution is 0.155. The van der Waals surface area contributed by atoms with Crippen molar-refractivity contribution in [1.29, 1.82) is 0 Å². The lowest BCUT2D eigenvalue weighted by Gasteiger charge is -2.18. The lowest BCUT2D eigenvalue weighted by Crippen LogP contribution is -2.32. The second kappa shape index (κ2) is 10.4. The van der Waals surface area contributed by atoms with Gasteiger partial charge in [0.1, 0.15) is 0 Å². The molecule has 3 nitrogen and oxygen atoms in total. The van der Waals surface area contributed by atoms with Gasteiger partial charge in [0.2, 0.25) is 0 Å². The molecule has 0 amide bonds. The minimum Gasteiger partial charge on any atom is -0.384 e. The number of likely N-dealkylation sites (N-methyl/N-ethyl adjacent to an activating group) is 1. The van der Waals surface area contributed by atoms with E-state index in [1.54, 1.807) is 7.11 Å². The summed E-state index contributed by atoms with van der Waals surface area (Å²) in [6.45, 7) is 13.2. The maximum atomic E-state index is 5.10. The number of hydrogen-bond acceptors (Lipinski definition) is 3. The molecule has 0 aliphatic carbocycles. The van der Waals surface area contributed by atoms with E-state index in [0.717, 1.165) is 39.3 Å². The lowest BCUT2D eigenvalue weighted by atomic mass is 10.1. The smallest absolute Gasteiger partial charge is 0.0488 e. The molecule has 1 atom stereocenters. The zero-order valence-corrected chi connectivity index (χ0v) is 10.9. The van der Waals surface area contributed by atoms with Gasteiger partial charge in [0, 0.05) is 26.8 Å². The highest BCUT2D eigenvalue weighted by molar-refractivity contribution is 4.58. The van der Waals surface area contributed by atoms with Gasteiger partial charge in [-0.05, 0) is 32.0 Å². The van der Waals surface area contributed by atoms with Crippen LogP contribution in [0.1, 0.15) is 27.2 Å². The van der Waals surface area contributed by atoms with Crippen LogP contribution in [0.4, 0.5) is 0 Å². The number of nitrogens with one attached hydrogen (secondary N) is 1. The third kappa shape index (κ3) is 8.85. The second-order valence-corrected chi connectivity index (χ2v) is 4.13. The van der Waals surface area contributed by atoms with E-state index in [9.17, 15) is 0 Å². The topological polar surface area (TPSA) is 24.5 Å². The third-order valence-corrected chi connectivity index (χ3v) is 2.76. The van der Waals surface area contributed by atoms with E-state index in [0.29, 0.717) is 5.92 Å². The van der Waals surface area contributed by atoms with Gasteiger partial charge in [-0.25, -0.2) is 0 Å². The van der Waals surface area contributed by atoms with Gasteiger partial charge in [-0.15, -0.1) is 0 Å². The molecule has 15 heavy (non-hydrogen) atoms. The molecule has 0 aliphatic rings. The molecule has 0 spiro atoms. The van der Waals surface area contributed by atoms with E-state index in [1.165, 1.54) is 6.42 Å². The van der Waals surface area contributed by atoms with Crippen LogP contribution in [-0.4, -0.2) is 51.3 Å². The van der Waals surface area contributed by atoms with Crippen LogP contribution in [0.3, 0.4) is 0 Å². The van der Waals surface area contributed by atoms with Crippen LogP contribution < -0.4 is 5.32 Å². The Morgan fingerprint density at radius 3 is 2.40 bits per heavy atom. The van der Waals surface area contributed by atoms with Gasteiger partial charge in [0.15, 0.2) is 0 Å². The Balaban J connectivity index is 3.23. The molecule has 0 fully saturated rings. The second-order valence-electron chi connectivity index (χ2n) is 4.13. The summed E-state index contributed by atoms with van der Waals surface area (Å²) in [5, 5.41) is 3.48. The molecule has 0 radical (unpaired) electrons. The van der Waals surface area contributed by atoms with E-state index in [1.807, 2.05) is 0 Å². The van der Waals surface area contributed by atoms with Crippen molar-refractivity contribution in [2.75, 3.05) is 46.4 Å². The molecular formula is C12H28N2O. The summed E-state index contributed by atoms with van der Waals surface area (Å²) >= 11 is 0. The SMILES string of the molecule is CCN(CC)CCNCCC(C)COC. The number of hydrogen-bond donors (Lipinski definition) is 1. The normalized spacial score (nSPS) is 13.4. The van der Waals surface area contributed by atoms with Crippen LogP contribution in [0, 0.1) is 5.92 Å². The first-order valence-electron chi connectivity index (χ1n) is 6.16. The Hall–Kier alpha value is -0.120. The van der Waals surface area contributed by atoms with Crippen molar-refractivity contribution in [2.24, 2.45) is 5.92 Å². The summed E-state index contributed by atoms with van der Waals surface area (Å²) < 4.78 is 5.10. The summed E-state index contributed by atoms with van der Waals surface area (Å²) in [5.74, 6) is 0.663. The highest BCUT2D eigenvalue weighted by Crippen LogP contribution is 1.99. The Labute approximate surface area is 95.2 Å². The van der Waals surface area contributed by atoms with E-state index in [4.69, 9.17) is 4.74 Å². The molecule has 1 unspecified atom stereocenters. The predicted molar refractivity (Wildman–Crippen MR) is 66.3 cm³/mol. The van der Waals surface area contributed by atoms with E-state index in [2.05, 4.69) is 31.0 Å². The predicted octanol–water partition coefficient (Wildman–Crippen LogP) is 1.59. The fourth-order valence-electron chi connectivity index (χ4n) is 1.62. The van der Waals surface area contributed by atoms with E-state index >= 15 is 0 Å². The maximum absolute atomic E-state index is 5.10. The first-order valence-corrected chi connectivity index (χ1v) is 6.16. The van der Waals surface area contributed by atoms with Gasteiger partial charge >= 0.3 is 0 Å². The van der Waals surface area contributed by atoms with Crippen molar-refractivity contribution in [2.45, 2.75) is 27.2 Å². The van der Waals surface area contributed by atoms with Crippen molar-refractivity contribution in [3.8, 4) is 0 Å². The highest BCUT2D eigenvalue weighted by Gasteiger charge is 2.01. The molecule has 0 saturated carbocycles. The molecule has 0 heterocycles. The molecule has 1 N–H and O–H groups in total. The first-order chi connectivity index (χ1) is 7.24. The third-order valence-electron chi connectivity index (χ3n) is 2.76. The van der Waals surface area contributed by atoms with Gasteiger partial charge in [0.25, 0.3) is 0 Å². The van der Waals surface area contributed by atoms with E-state index < -0.39 is 0 Å². The van der Waals surface area contributed by atoms with Crippen molar-refractivity contribution < 1.29 is 4.74 Å². The zero-order valence-electron chi connectivity index (χ0n) is 10.9. The van der Waals surface area contributed by atoms with Gasteiger partial charge in [-0.3, -0.25) is 0 Å². The number of ether oxygens (including phenoxy) is 1. The van der Waals surface area contributed by atoms with Crippen LogP contribution in [-0.2, 0) is 4.74 Å². The molecule has 3 heteroatoms. The van der Waals surface area contributed by atoms with E-state index in [-0.39, 0.29) is 0 Å². The van der Waals surface area contributed by atoms with Crippen molar-refractivity contribution in [3.05, 3.63) is 0 Å². The van der Waals surface area contributed by atoms with Gasteiger partial charge in [-0.1, -0.05) is 20.8 Å². The number of nitrogens with zero attached hydrogens (tertiary/aromatic N) is 1. The van der Waals surface area contributed by atoms with Crippen LogP contribution >= 0.6 is 0 Å². The Morgan fingerprint density at radius 2 is 1.87 bits per heavy atom.